The van der Waals surface area contributed by atoms with E-state index in [0.29, 0.717) is 13.0 Å². The largest absolute Gasteiger partial charge is 0.336 e. The molecular formula is C13H17FN2O. The number of carbonyl (C=O) groups is 1. The Balaban J connectivity index is 2.17. The molecule has 2 N–H and O–H groups in total. The van der Waals surface area contributed by atoms with E-state index in [1.54, 1.807) is 6.07 Å². The monoisotopic (exact) mass is 236 g/mol. The highest BCUT2D eigenvalue weighted by atomic mass is 19.1. The highest BCUT2D eigenvalue weighted by Gasteiger charge is 2.29. The fourth-order valence-corrected chi connectivity index (χ4v) is 2.39. The van der Waals surface area contributed by atoms with Gasteiger partial charge in [-0.1, -0.05) is 12.1 Å². The maximum atomic E-state index is 13.2. The lowest BCUT2D eigenvalue weighted by atomic mass is 10.0. The van der Waals surface area contributed by atoms with Crippen LogP contribution in [0, 0.1) is 5.82 Å². The zero-order valence-electron chi connectivity index (χ0n) is 9.73. The Morgan fingerprint density at radius 2 is 2.35 bits per heavy atom. The SMILES string of the molecule is NCCC(=O)N1CCCC1c1cccc(F)c1. The van der Waals surface area contributed by atoms with Gasteiger partial charge in [-0.15, -0.1) is 0 Å². The summed E-state index contributed by atoms with van der Waals surface area (Å²) in [6, 6.07) is 6.52. The van der Waals surface area contributed by atoms with E-state index in [0.717, 1.165) is 24.9 Å². The van der Waals surface area contributed by atoms with Gasteiger partial charge in [0.25, 0.3) is 0 Å². The van der Waals surface area contributed by atoms with Gasteiger partial charge in [0.1, 0.15) is 5.82 Å². The van der Waals surface area contributed by atoms with Crippen molar-refractivity contribution in [1.29, 1.82) is 0 Å². The number of carbonyl (C=O) groups excluding carboxylic acids is 1. The molecule has 1 aromatic carbocycles. The van der Waals surface area contributed by atoms with Crippen molar-refractivity contribution in [3.8, 4) is 0 Å². The molecule has 1 atom stereocenters. The fourth-order valence-electron chi connectivity index (χ4n) is 2.39. The molecule has 1 aliphatic heterocycles. The zero-order chi connectivity index (χ0) is 12.3. The predicted octanol–water partition coefficient (Wildman–Crippen LogP) is 1.84. The summed E-state index contributed by atoms with van der Waals surface area (Å²) < 4.78 is 13.2. The summed E-state index contributed by atoms with van der Waals surface area (Å²) in [5, 5.41) is 0. The lowest BCUT2D eigenvalue weighted by molar-refractivity contribution is -0.131. The molecule has 0 bridgehead atoms. The molecule has 0 radical (unpaired) electrons. The van der Waals surface area contributed by atoms with Crippen LogP contribution in [0.4, 0.5) is 4.39 Å². The third-order valence-corrected chi connectivity index (χ3v) is 3.16. The van der Waals surface area contributed by atoms with E-state index in [-0.39, 0.29) is 17.8 Å². The fraction of sp³-hybridized carbons (Fsp3) is 0.462. The molecule has 92 valence electrons. The van der Waals surface area contributed by atoms with Crippen LogP contribution >= 0.6 is 0 Å². The first-order valence-corrected chi connectivity index (χ1v) is 5.97. The molecule has 4 heteroatoms. The first kappa shape index (κ1) is 12.0. The van der Waals surface area contributed by atoms with Gasteiger partial charge in [-0.25, -0.2) is 4.39 Å². The van der Waals surface area contributed by atoms with Crippen molar-refractivity contribution in [2.75, 3.05) is 13.1 Å². The van der Waals surface area contributed by atoms with Crippen molar-refractivity contribution < 1.29 is 9.18 Å². The van der Waals surface area contributed by atoms with E-state index in [1.165, 1.54) is 12.1 Å². The molecule has 1 amide bonds. The van der Waals surface area contributed by atoms with Crippen LogP contribution in [-0.4, -0.2) is 23.9 Å². The molecule has 0 saturated carbocycles. The number of amides is 1. The molecule has 1 unspecified atom stereocenters. The standard InChI is InChI=1S/C13H17FN2O/c14-11-4-1-3-10(9-11)12-5-2-8-16(12)13(17)6-7-15/h1,3-4,9,12H,2,5-8,15H2. The maximum Gasteiger partial charge on any atom is 0.224 e. The molecule has 1 aliphatic rings. The van der Waals surface area contributed by atoms with Crippen molar-refractivity contribution in [1.82, 2.24) is 4.90 Å². The Kier molecular flexibility index (Phi) is 3.74. The van der Waals surface area contributed by atoms with Gasteiger partial charge in [-0.3, -0.25) is 4.79 Å². The third-order valence-electron chi connectivity index (χ3n) is 3.16. The van der Waals surface area contributed by atoms with Crippen LogP contribution in [0.15, 0.2) is 24.3 Å². The first-order valence-electron chi connectivity index (χ1n) is 5.97. The average Bonchev–Trinajstić information content (AvgIpc) is 2.78. The minimum Gasteiger partial charge on any atom is -0.336 e. The van der Waals surface area contributed by atoms with Gasteiger partial charge in [-0.05, 0) is 30.5 Å². The van der Waals surface area contributed by atoms with Crippen LogP contribution in [0.25, 0.3) is 0 Å². The molecule has 1 aromatic rings. The second-order valence-electron chi connectivity index (χ2n) is 4.34. The molecule has 1 fully saturated rings. The number of rotatable bonds is 3. The van der Waals surface area contributed by atoms with E-state index in [2.05, 4.69) is 0 Å². The summed E-state index contributed by atoms with van der Waals surface area (Å²) >= 11 is 0. The number of likely N-dealkylation sites (tertiary alicyclic amines) is 1. The lowest BCUT2D eigenvalue weighted by Crippen LogP contribution is -2.31. The molecule has 2 rings (SSSR count). The van der Waals surface area contributed by atoms with Crippen molar-refractivity contribution in [2.24, 2.45) is 5.73 Å². The lowest BCUT2D eigenvalue weighted by Gasteiger charge is -2.25. The smallest absolute Gasteiger partial charge is 0.224 e. The quantitative estimate of drug-likeness (QED) is 0.870. The van der Waals surface area contributed by atoms with Gasteiger partial charge in [0, 0.05) is 19.5 Å². The average molecular weight is 236 g/mol. The normalized spacial score (nSPS) is 19.6. The van der Waals surface area contributed by atoms with Gasteiger partial charge in [0.2, 0.25) is 5.91 Å². The summed E-state index contributed by atoms with van der Waals surface area (Å²) in [6.07, 6.45) is 2.24. The van der Waals surface area contributed by atoms with E-state index in [4.69, 9.17) is 5.73 Å². The molecule has 3 nitrogen and oxygen atoms in total. The number of nitrogens with two attached hydrogens (primary N) is 1. The Morgan fingerprint density at radius 1 is 1.53 bits per heavy atom. The predicted molar refractivity (Wildman–Crippen MR) is 63.8 cm³/mol. The summed E-state index contributed by atoms with van der Waals surface area (Å²) in [7, 11) is 0. The van der Waals surface area contributed by atoms with Crippen molar-refractivity contribution in [2.45, 2.75) is 25.3 Å². The minimum atomic E-state index is -0.249. The van der Waals surface area contributed by atoms with Crippen molar-refractivity contribution >= 4 is 5.91 Å². The second-order valence-corrected chi connectivity index (χ2v) is 4.34. The molecule has 17 heavy (non-hydrogen) atoms. The third kappa shape index (κ3) is 2.64. The molecule has 0 aromatic heterocycles. The summed E-state index contributed by atoms with van der Waals surface area (Å²) in [6.45, 7) is 1.12. The van der Waals surface area contributed by atoms with Crippen LogP contribution in [0.3, 0.4) is 0 Å². The summed E-state index contributed by atoms with van der Waals surface area (Å²) in [5.74, 6) is -0.181. The second kappa shape index (κ2) is 5.27. The number of benzene rings is 1. The van der Waals surface area contributed by atoms with E-state index < -0.39 is 0 Å². The van der Waals surface area contributed by atoms with Gasteiger partial charge in [-0.2, -0.15) is 0 Å². The van der Waals surface area contributed by atoms with E-state index >= 15 is 0 Å². The Bertz CT molecular complexity index is 408. The minimum absolute atomic E-state index is 0.0183. The van der Waals surface area contributed by atoms with E-state index in [9.17, 15) is 9.18 Å². The van der Waals surface area contributed by atoms with Crippen molar-refractivity contribution in [3.63, 3.8) is 0 Å². The maximum absolute atomic E-state index is 13.2. The van der Waals surface area contributed by atoms with Gasteiger partial charge in [0.15, 0.2) is 0 Å². The highest BCUT2D eigenvalue weighted by Crippen LogP contribution is 2.32. The Hall–Kier alpha value is -1.42. The molecule has 0 aliphatic carbocycles. The number of nitrogens with zero attached hydrogens (tertiary/aromatic N) is 1. The number of hydrogen-bond donors (Lipinski definition) is 1. The van der Waals surface area contributed by atoms with Gasteiger partial charge in [0.05, 0.1) is 6.04 Å². The summed E-state index contributed by atoms with van der Waals surface area (Å²) in [4.78, 5) is 13.7. The molecule has 1 heterocycles. The number of halogens is 1. The molecule has 1 saturated heterocycles. The van der Waals surface area contributed by atoms with E-state index in [1.807, 2.05) is 11.0 Å². The molecule has 0 spiro atoms. The van der Waals surface area contributed by atoms with Gasteiger partial charge >= 0.3 is 0 Å². The van der Waals surface area contributed by atoms with Crippen LogP contribution in [0.5, 0.6) is 0 Å². The zero-order valence-corrected chi connectivity index (χ0v) is 9.73. The topological polar surface area (TPSA) is 46.3 Å². The Morgan fingerprint density at radius 3 is 3.06 bits per heavy atom. The van der Waals surface area contributed by atoms with Crippen LogP contribution in [0.1, 0.15) is 30.9 Å². The molecular weight excluding hydrogens is 219 g/mol. The van der Waals surface area contributed by atoms with Crippen molar-refractivity contribution in [3.05, 3.63) is 35.6 Å². The first-order chi connectivity index (χ1) is 8.22. The number of hydrogen-bond acceptors (Lipinski definition) is 2. The highest BCUT2D eigenvalue weighted by molar-refractivity contribution is 5.77. The summed E-state index contributed by atoms with van der Waals surface area (Å²) in [5.41, 5.74) is 6.28. The van der Waals surface area contributed by atoms with Gasteiger partial charge < -0.3 is 10.6 Å². The Labute approximate surface area is 100 Å². The van der Waals surface area contributed by atoms with Crippen LogP contribution < -0.4 is 5.73 Å². The van der Waals surface area contributed by atoms with Crippen LogP contribution in [0.2, 0.25) is 0 Å². The van der Waals surface area contributed by atoms with Crippen LogP contribution in [-0.2, 0) is 4.79 Å².